The van der Waals surface area contributed by atoms with Crippen LogP contribution in [0.4, 0.5) is 5.69 Å². The van der Waals surface area contributed by atoms with Crippen molar-refractivity contribution in [1.82, 2.24) is 5.32 Å². The highest BCUT2D eigenvalue weighted by Crippen LogP contribution is 2.17. The highest BCUT2D eigenvalue weighted by Gasteiger charge is 2.15. The maximum Gasteiger partial charge on any atom is 0.238 e. The molecule has 3 nitrogen and oxygen atoms in total. The van der Waals surface area contributed by atoms with Crippen molar-refractivity contribution in [2.24, 2.45) is 0 Å². The molecule has 1 aromatic carbocycles. The highest BCUT2D eigenvalue weighted by molar-refractivity contribution is 9.10. The maximum absolute atomic E-state index is 11.7. The summed E-state index contributed by atoms with van der Waals surface area (Å²) >= 11 is 3.36. The predicted molar refractivity (Wildman–Crippen MR) is 73.0 cm³/mol. The Morgan fingerprint density at radius 3 is 2.53 bits per heavy atom. The molecular formula is C13H17BrN2O. The minimum absolute atomic E-state index is 0.0271. The zero-order chi connectivity index (χ0) is 12.1. The van der Waals surface area contributed by atoms with E-state index in [0.29, 0.717) is 12.6 Å². The van der Waals surface area contributed by atoms with E-state index >= 15 is 0 Å². The standard InChI is InChI=1S/C13H17BrN2O/c14-10-5-7-12(8-6-10)16-13(17)9-15-11-3-1-2-4-11/h5-8,11,15H,1-4,9H2,(H,16,17). The second-order valence-electron chi connectivity index (χ2n) is 4.42. The second kappa shape index (κ2) is 6.17. The molecule has 2 rings (SSSR count). The minimum atomic E-state index is 0.0271. The van der Waals surface area contributed by atoms with E-state index in [1.54, 1.807) is 0 Å². The fourth-order valence-corrected chi connectivity index (χ4v) is 2.37. The number of anilines is 1. The summed E-state index contributed by atoms with van der Waals surface area (Å²) in [4.78, 5) is 11.7. The van der Waals surface area contributed by atoms with Crippen molar-refractivity contribution >= 4 is 27.5 Å². The Morgan fingerprint density at radius 2 is 1.88 bits per heavy atom. The van der Waals surface area contributed by atoms with E-state index in [2.05, 4.69) is 26.6 Å². The van der Waals surface area contributed by atoms with E-state index in [4.69, 9.17) is 0 Å². The molecule has 92 valence electrons. The van der Waals surface area contributed by atoms with Crippen molar-refractivity contribution in [3.05, 3.63) is 28.7 Å². The molecule has 0 aromatic heterocycles. The molecule has 0 spiro atoms. The summed E-state index contributed by atoms with van der Waals surface area (Å²) in [5.41, 5.74) is 0.839. The summed E-state index contributed by atoms with van der Waals surface area (Å²) in [7, 11) is 0. The molecule has 0 radical (unpaired) electrons. The first-order chi connectivity index (χ1) is 8.24. The first-order valence-electron chi connectivity index (χ1n) is 6.03. The first kappa shape index (κ1) is 12.6. The molecule has 1 aliphatic rings. The van der Waals surface area contributed by atoms with E-state index in [-0.39, 0.29) is 5.91 Å². The van der Waals surface area contributed by atoms with Crippen molar-refractivity contribution in [1.29, 1.82) is 0 Å². The van der Waals surface area contributed by atoms with Gasteiger partial charge in [-0.2, -0.15) is 0 Å². The first-order valence-corrected chi connectivity index (χ1v) is 6.82. The topological polar surface area (TPSA) is 41.1 Å². The Labute approximate surface area is 110 Å². The third-order valence-electron chi connectivity index (χ3n) is 3.03. The lowest BCUT2D eigenvalue weighted by molar-refractivity contribution is -0.115. The quantitative estimate of drug-likeness (QED) is 0.897. The fourth-order valence-electron chi connectivity index (χ4n) is 2.11. The second-order valence-corrected chi connectivity index (χ2v) is 5.33. The molecule has 1 saturated carbocycles. The SMILES string of the molecule is O=C(CNC1CCCC1)Nc1ccc(Br)cc1. The zero-order valence-electron chi connectivity index (χ0n) is 9.71. The van der Waals surface area contributed by atoms with Gasteiger partial charge in [-0.05, 0) is 37.1 Å². The van der Waals surface area contributed by atoms with Gasteiger partial charge in [0, 0.05) is 16.2 Å². The van der Waals surface area contributed by atoms with Crippen LogP contribution in [0.2, 0.25) is 0 Å². The van der Waals surface area contributed by atoms with Gasteiger partial charge in [0.1, 0.15) is 0 Å². The molecule has 0 aliphatic heterocycles. The van der Waals surface area contributed by atoms with Crippen molar-refractivity contribution in [2.45, 2.75) is 31.7 Å². The van der Waals surface area contributed by atoms with Crippen LogP contribution >= 0.6 is 15.9 Å². The molecule has 0 atom stereocenters. The lowest BCUT2D eigenvalue weighted by Gasteiger charge is -2.11. The van der Waals surface area contributed by atoms with E-state index in [0.717, 1.165) is 10.2 Å². The van der Waals surface area contributed by atoms with Crippen molar-refractivity contribution in [2.75, 3.05) is 11.9 Å². The van der Waals surface area contributed by atoms with Crippen LogP contribution in [0.3, 0.4) is 0 Å². The summed E-state index contributed by atoms with van der Waals surface area (Å²) < 4.78 is 1.01. The van der Waals surface area contributed by atoms with E-state index in [9.17, 15) is 4.79 Å². The van der Waals surface area contributed by atoms with Crippen LogP contribution < -0.4 is 10.6 Å². The predicted octanol–water partition coefficient (Wildman–Crippen LogP) is 2.92. The van der Waals surface area contributed by atoms with Crippen LogP contribution in [0.25, 0.3) is 0 Å². The van der Waals surface area contributed by atoms with Crippen molar-refractivity contribution in [3.63, 3.8) is 0 Å². The summed E-state index contributed by atoms with van der Waals surface area (Å²) in [5.74, 6) is 0.0271. The molecule has 0 saturated heterocycles. The Hall–Kier alpha value is -0.870. The lowest BCUT2D eigenvalue weighted by Crippen LogP contribution is -2.34. The number of carbonyl (C=O) groups excluding carboxylic acids is 1. The minimum Gasteiger partial charge on any atom is -0.325 e. The van der Waals surface area contributed by atoms with Gasteiger partial charge in [0.15, 0.2) is 0 Å². The fraction of sp³-hybridized carbons (Fsp3) is 0.462. The molecule has 17 heavy (non-hydrogen) atoms. The zero-order valence-corrected chi connectivity index (χ0v) is 11.3. The van der Waals surface area contributed by atoms with Crippen LogP contribution in [0.5, 0.6) is 0 Å². The summed E-state index contributed by atoms with van der Waals surface area (Å²) in [6, 6.07) is 8.14. The number of rotatable bonds is 4. The number of halogens is 1. The number of carbonyl (C=O) groups is 1. The average Bonchev–Trinajstić information content (AvgIpc) is 2.83. The van der Waals surface area contributed by atoms with Crippen molar-refractivity contribution in [3.8, 4) is 0 Å². The van der Waals surface area contributed by atoms with E-state index < -0.39 is 0 Å². The summed E-state index contributed by atoms with van der Waals surface area (Å²) in [5, 5.41) is 6.16. The summed E-state index contributed by atoms with van der Waals surface area (Å²) in [6.07, 6.45) is 4.97. The van der Waals surface area contributed by atoms with Gasteiger partial charge < -0.3 is 10.6 Å². The third-order valence-corrected chi connectivity index (χ3v) is 3.56. The molecule has 2 N–H and O–H groups in total. The maximum atomic E-state index is 11.7. The van der Waals surface area contributed by atoms with Gasteiger partial charge in [0.2, 0.25) is 5.91 Å². The Bertz CT molecular complexity index is 372. The number of benzene rings is 1. The smallest absolute Gasteiger partial charge is 0.238 e. The Kier molecular flexibility index (Phi) is 4.57. The van der Waals surface area contributed by atoms with Gasteiger partial charge in [-0.15, -0.1) is 0 Å². The normalized spacial score (nSPS) is 16.1. The van der Waals surface area contributed by atoms with Gasteiger partial charge in [-0.25, -0.2) is 0 Å². The van der Waals surface area contributed by atoms with E-state index in [1.807, 2.05) is 24.3 Å². The van der Waals surface area contributed by atoms with E-state index in [1.165, 1.54) is 25.7 Å². The monoisotopic (exact) mass is 296 g/mol. The highest BCUT2D eigenvalue weighted by atomic mass is 79.9. The molecule has 4 heteroatoms. The van der Waals surface area contributed by atoms with Gasteiger partial charge in [0.25, 0.3) is 0 Å². The largest absolute Gasteiger partial charge is 0.325 e. The molecule has 1 aliphatic carbocycles. The number of hydrogen-bond acceptors (Lipinski definition) is 2. The Balaban J connectivity index is 1.74. The number of nitrogens with one attached hydrogen (secondary N) is 2. The molecule has 0 unspecified atom stereocenters. The molecule has 1 amide bonds. The van der Waals surface area contributed by atoms with Gasteiger partial charge in [-0.3, -0.25) is 4.79 Å². The molecule has 0 heterocycles. The van der Waals surface area contributed by atoms with Crippen molar-refractivity contribution < 1.29 is 4.79 Å². The molecular weight excluding hydrogens is 280 g/mol. The molecule has 1 aromatic rings. The van der Waals surface area contributed by atoms with Crippen LogP contribution in [0.15, 0.2) is 28.7 Å². The molecule has 0 bridgehead atoms. The third kappa shape index (κ3) is 4.13. The number of hydrogen-bond donors (Lipinski definition) is 2. The van der Waals surface area contributed by atoms with Crippen LogP contribution in [-0.2, 0) is 4.79 Å². The Morgan fingerprint density at radius 1 is 1.24 bits per heavy atom. The number of amides is 1. The van der Waals surface area contributed by atoms with Crippen LogP contribution in [-0.4, -0.2) is 18.5 Å². The van der Waals surface area contributed by atoms with Gasteiger partial charge in [0.05, 0.1) is 6.54 Å². The average molecular weight is 297 g/mol. The lowest BCUT2D eigenvalue weighted by atomic mass is 10.2. The van der Waals surface area contributed by atoms with Crippen LogP contribution in [0, 0.1) is 0 Å². The summed E-state index contributed by atoms with van der Waals surface area (Å²) in [6.45, 7) is 0.404. The van der Waals surface area contributed by atoms with Gasteiger partial charge >= 0.3 is 0 Å². The van der Waals surface area contributed by atoms with Crippen LogP contribution in [0.1, 0.15) is 25.7 Å². The van der Waals surface area contributed by atoms with Gasteiger partial charge in [-0.1, -0.05) is 28.8 Å². The molecule has 1 fully saturated rings.